The molecule has 0 atom stereocenters. The maximum atomic E-state index is 6.24. The predicted molar refractivity (Wildman–Crippen MR) is 101 cm³/mol. The van der Waals surface area contributed by atoms with Gasteiger partial charge in [0.25, 0.3) is 0 Å². The van der Waals surface area contributed by atoms with E-state index < -0.39 is 0 Å². The standard InChI is InChI=1S/C18H13Cl2N5/c19-13-7-6-12(15(20)8-13)9-25-10-14-16(21)22-17(23-18(14)24-25)11-4-2-1-3-5-11/h1-8,10H,9H2,(H2,21,22,23,24). The molecule has 0 aliphatic carbocycles. The van der Waals surface area contributed by atoms with Gasteiger partial charge in [-0.3, -0.25) is 4.68 Å². The summed E-state index contributed by atoms with van der Waals surface area (Å²) in [7, 11) is 0. The molecular weight excluding hydrogens is 357 g/mol. The number of anilines is 1. The van der Waals surface area contributed by atoms with Gasteiger partial charge >= 0.3 is 0 Å². The van der Waals surface area contributed by atoms with Gasteiger partial charge < -0.3 is 5.73 Å². The Bertz CT molecular complexity index is 1060. The Kier molecular flexibility index (Phi) is 4.03. The number of aromatic nitrogens is 4. The van der Waals surface area contributed by atoms with Crippen LogP contribution < -0.4 is 5.73 Å². The fraction of sp³-hybridized carbons (Fsp3) is 0.0556. The fourth-order valence-electron chi connectivity index (χ4n) is 2.60. The highest BCUT2D eigenvalue weighted by atomic mass is 35.5. The Balaban J connectivity index is 1.74. The quantitative estimate of drug-likeness (QED) is 0.579. The summed E-state index contributed by atoms with van der Waals surface area (Å²) >= 11 is 12.2. The molecule has 7 heteroatoms. The van der Waals surface area contributed by atoms with E-state index in [1.807, 2.05) is 42.6 Å². The minimum absolute atomic E-state index is 0.400. The summed E-state index contributed by atoms with van der Waals surface area (Å²) in [5.74, 6) is 0.956. The number of nitrogens with zero attached hydrogens (tertiary/aromatic N) is 4. The largest absolute Gasteiger partial charge is 0.383 e. The molecule has 4 aromatic rings. The molecule has 2 aromatic carbocycles. The molecule has 2 N–H and O–H groups in total. The van der Waals surface area contributed by atoms with E-state index in [9.17, 15) is 0 Å². The molecule has 0 spiro atoms. The average Bonchev–Trinajstić information content (AvgIpc) is 3.01. The fourth-order valence-corrected chi connectivity index (χ4v) is 3.06. The van der Waals surface area contributed by atoms with Crippen molar-refractivity contribution in [1.29, 1.82) is 0 Å². The van der Waals surface area contributed by atoms with Gasteiger partial charge in [-0.25, -0.2) is 9.97 Å². The highest BCUT2D eigenvalue weighted by molar-refractivity contribution is 6.35. The number of hydrogen-bond acceptors (Lipinski definition) is 4. The molecule has 2 heterocycles. The van der Waals surface area contributed by atoms with Gasteiger partial charge in [-0.2, -0.15) is 5.10 Å². The number of halogens is 2. The first-order chi connectivity index (χ1) is 12.1. The molecule has 25 heavy (non-hydrogen) atoms. The van der Waals surface area contributed by atoms with Crippen LogP contribution in [0.5, 0.6) is 0 Å². The smallest absolute Gasteiger partial charge is 0.186 e. The molecule has 0 amide bonds. The van der Waals surface area contributed by atoms with Gasteiger partial charge in [-0.15, -0.1) is 0 Å². The van der Waals surface area contributed by atoms with Crippen molar-refractivity contribution in [2.24, 2.45) is 0 Å². The SMILES string of the molecule is Nc1nc(-c2ccccc2)nc2nn(Cc3ccc(Cl)cc3Cl)cc12. The van der Waals surface area contributed by atoms with Gasteiger partial charge in [-0.05, 0) is 17.7 Å². The van der Waals surface area contributed by atoms with E-state index in [2.05, 4.69) is 15.1 Å². The van der Waals surface area contributed by atoms with E-state index in [1.165, 1.54) is 0 Å². The summed E-state index contributed by atoms with van der Waals surface area (Å²) in [6.45, 7) is 0.493. The van der Waals surface area contributed by atoms with Crippen LogP contribution in [0.4, 0.5) is 5.82 Å². The van der Waals surface area contributed by atoms with E-state index in [-0.39, 0.29) is 0 Å². The third-order valence-corrected chi connectivity index (χ3v) is 4.42. The van der Waals surface area contributed by atoms with Crippen LogP contribution in [-0.2, 0) is 6.54 Å². The predicted octanol–water partition coefficient (Wildman–Crippen LogP) is 4.43. The molecule has 4 rings (SSSR count). The first kappa shape index (κ1) is 15.9. The van der Waals surface area contributed by atoms with E-state index in [0.29, 0.717) is 39.3 Å². The Morgan fingerprint density at radius 1 is 1.00 bits per heavy atom. The molecule has 0 radical (unpaired) electrons. The van der Waals surface area contributed by atoms with E-state index in [0.717, 1.165) is 11.1 Å². The summed E-state index contributed by atoms with van der Waals surface area (Å²) < 4.78 is 1.75. The van der Waals surface area contributed by atoms with Crippen LogP contribution in [0.2, 0.25) is 10.0 Å². The Morgan fingerprint density at radius 2 is 1.80 bits per heavy atom. The number of nitrogen functional groups attached to an aromatic ring is 1. The van der Waals surface area contributed by atoms with Crippen LogP contribution >= 0.6 is 23.2 Å². The number of rotatable bonds is 3. The van der Waals surface area contributed by atoms with Gasteiger partial charge in [0.15, 0.2) is 11.5 Å². The van der Waals surface area contributed by atoms with Crippen LogP contribution in [0.3, 0.4) is 0 Å². The minimum Gasteiger partial charge on any atom is -0.383 e. The van der Waals surface area contributed by atoms with Gasteiger partial charge in [-0.1, -0.05) is 59.6 Å². The third-order valence-electron chi connectivity index (χ3n) is 3.84. The van der Waals surface area contributed by atoms with E-state index in [4.69, 9.17) is 28.9 Å². The second-order valence-electron chi connectivity index (χ2n) is 5.60. The zero-order valence-corrected chi connectivity index (χ0v) is 14.5. The number of benzene rings is 2. The number of nitrogens with two attached hydrogens (primary N) is 1. The molecule has 0 bridgehead atoms. The second-order valence-corrected chi connectivity index (χ2v) is 6.44. The van der Waals surface area contributed by atoms with Crippen LogP contribution in [0, 0.1) is 0 Å². The molecule has 0 saturated carbocycles. The summed E-state index contributed by atoms with van der Waals surface area (Å²) in [5, 5.41) is 6.42. The summed E-state index contributed by atoms with van der Waals surface area (Å²) in [6.07, 6.45) is 1.82. The maximum Gasteiger partial charge on any atom is 0.186 e. The van der Waals surface area contributed by atoms with Gasteiger partial charge in [0.1, 0.15) is 5.82 Å². The van der Waals surface area contributed by atoms with Gasteiger partial charge in [0, 0.05) is 21.8 Å². The van der Waals surface area contributed by atoms with Gasteiger partial charge in [0.05, 0.1) is 11.9 Å². The molecule has 0 unspecified atom stereocenters. The average molecular weight is 370 g/mol. The van der Waals surface area contributed by atoms with Crippen LogP contribution in [0.25, 0.3) is 22.4 Å². The van der Waals surface area contributed by atoms with Crippen molar-refractivity contribution < 1.29 is 0 Å². The van der Waals surface area contributed by atoms with Crippen molar-refractivity contribution in [1.82, 2.24) is 19.7 Å². The summed E-state index contributed by atoms with van der Waals surface area (Å²) in [6, 6.07) is 15.1. The zero-order chi connectivity index (χ0) is 17.4. The van der Waals surface area contributed by atoms with Crippen molar-refractivity contribution >= 4 is 40.1 Å². The highest BCUT2D eigenvalue weighted by Crippen LogP contribution is 2.24. The summed E-state index contributed by atoms with van der Waals surface area (Å²) in [5.41, 5.74) is 8.46. The van der Waals surface area contributed by atoms with Crippen molar-refractivity contribution in [2.45, 2.75) is 6.54 Å². The van der Waals surface area contributed by atoms with Crippen LogP contribution in [0.15, 0.2) is 54.7 Å². The normalized spacial score (nSPS) is 11.1. The van der Waals surface area contributed by atoms with Crippen molar-refractivity contribution in [3.05, 3.63) is 70.3 Å². The monoisotopic (exact) mass is 369 g/mol. The minimum atomic E-state index is 0.400. The van der Waals surface area contributed by atoms with Crippen molar-refractivity contribution in [2.75, 3.05) is 5.73 Å². The second kappa shape index (κ2) is 6.35. The van der Waals surface area contributed by atoms with E-state index in [1.54, 1.807) is 16.8 Å². The molecule has 0 aliphatic rings. The first-order valence-electron chi connectivity index (χ1n) is 7.60. The lowest BCUT2D eigenvalue weighted by Crippen LogP contribution is -2.00. The molecule has 2 aromatic heterocycles. The van der Waals surface area contributed by atoms with Crippen molar-refractivity contribution in [3.8, 4) is 11.4 Å². The van der Waals surface area contributed by atoms with Crippen molar-refractivity contribution in [3.63, 3.8) is 0 Å². The van der Waals surface area contributed by atoms with Crippen LogP contribution in [0.1, 0.15) is 5.56 Å². The zero-order valence-electron chi connectivity index (χ0n) is 13.0. The van der Waals surface area contributed by atoms with Crippen LogP contribution in [-0.4, -0.2) is 19.7 Å². The molecule has 0 saturated heterocycles. The first-order valence-corrected chi connectivity index (χ1v) is 8.36. The third kappa shape index (κ3) is 3.16. The summed E-state index contributed by atoms with van der Waals surface area (Å²) in [4.78, 5) is 8.92. The van der Waals surface area contributed by atoms with E-state index >= 15 is 0 Å². The molecule has 5 nitrogen and oxygen atoms in total. The molecule has 0 fully saturated rings. The lowest BCUT2D eigenvalue weighted by Gasteiger charge is -2.04. The molecule has 124 valence electrons. The highest BCUT2D eigenvalue weighted by Gasteiger charge is 2.12. The maximum absolute atomic E-state index is 6.24. The Hall–Kier alpha value is -2.63. The Labute approximate surface area is 154 Å². The number of hydrogen-bond donors (Lipinski definition) is 1. The van der Waals surface area contributed by atoms with Gasteiger partial charge in [0.2, 0.25) is 0 Å². The lowest BCUT2D eigenvalue weighted by molar-refractivity contribution is 0.693. The topological polar surface area (TPSA) is 69.6 Å². The number of fused-ring (bicyclic) bond motifs is 1. The Morgan fingerprint density at radius 3 is 2.56 bits per heavy atom. The molecular formula is C18H13Cl2N5. The molecule has 0 aliphatic heterocycles. The lowest BCUT2D eigenvalue weighted by atomic mass is 10.2.